The molecule has 0 saturated carbocycles. The molecule has 0 aliphatic carbocycles. The number of benzene rings is 2. The molecule has 0 heterocycles. The molecule has 2 aromatic rings. The van der Waals surface area contributed by atoms with Crippen LogP contribution in [-0.4, -0.2) is 21.6 Å². The second-order valence-corrected chi connectivity index (χ2v) is 6.13. The summed E-state index contributed by atoms with van der Waals surface area (Å²) in [5.41, 5.74) is 1.07. The van der Waals surface area contributed by atoms with Gasteiger partial charge in [-0.1, -0.05) is 30.3 Å². The maximum absolute atomic E-state index is 11.8. The molecule has 0 unspecified atom stereocenters. The summed E-state index contributed by atoms with van der Waals surface area (Å²) in [6.45, 7) is 0.102. The third kappa shape index (κ3) is 4.70. The van der Waals surface area contributed by atoms with E-state index >= 15 is 0 Å². The largest absolute Gasteiger partial charge is 0.495 e. The van der Waals surface area contributed by atoms with E-state index in [4.69, 9.17) is 14.6 Å². The van der Waals surface area contributed by atoms with E-state index in [0.717, 1.165) is 5.56 Å². The second kappa shape index (κ2) is 7.12. The summed E-state index contributed by atoms with van der Waals surface area (Å²) in [4.78, 5) is 11.5. The topological polar surface area (TPSA) is 108 Å². The van der Waals surface area contributed by atoms with Crippen LogP contribution in [0.15, 0.2) is 53.4 Å². The van der Waals surface area contributed by atoms with E-state index in [-0.39, 0.29) is 22.9 Å². The number of hydrogen-bond donors (Lipinski definition) is 2. The molecule has 0 aromatic heterocycles. The summed E-state index contributed by atoms with van der Waals surface area (Å²) < 4.78 is 33.0. The number of rotatable bonds is 5. The van der Waals surface area contributed by atoms with E-state index in [9.17, 15) is 13.2 Å². The van der Waals surface area contributed by atoms with Gasteiger partial charge in [-0.15, -0.1) is 0 Å². The number of carbonyl (C=O) groups excluding carboxylic acids is 1. The van der Waals surface area contributed by atoms with Crippen molar-refractivity contribution in [3.8, 4) is 5.75 Å². The lowest BCUT2D eigenvalue weighted by Gasteiger charge is -2.10. The Balaban J connectivity index is 2.06. The van der Waals surface area contributed by atoms with Crippen LogP contribution in [-0.2, 0) is 21.4 Å². The molecular weight excluding hydrogens is 320 g/mol. The molecule has 122 valence electrons. The molecule has 0 aliphatic rings. The first-order valence-electron chi connectivity index (χ1n) is 6.58. The van der Waals surface area contributed by atoms with Crippen molar-refractivity contribution in [2.75, 3.05) is 12.4 Å². The zero-order valence-corrected chi connectivity index (χ0v) is 13.2. The molecular formula is C15H16N2O5S. The molecule has 3 N–H and O–H groups in total. The Kier molecular flexibility index (Phi) is 5.20. The molecule has 0 saturated heterocycles. The quantitative estimate of drug-likeness (QED) is 0.869. The van der Waals surface area contributed by atoms with Gasteiger partial charge in [0, 0.05) is 5.69 Å². The molecule has 0 radical (unpaired) electrons. The molecule has 0 aliphatic heterocycles. The Hall–Kier alpha value is -2.58. The Labute approximate surface area is 134 Å². The fourth-order valence-corrected chi connectivity index (χ4v) is 2.58. The van der Waals surface area contributed by atoms with Gasteiger partial charge in [0.1, 0.15) is 17.3 Å². The van der Waals surface area contributed by atoms with Gasteiger partial charge in [-0.25, -0.2) is 18.4 Å². The SMILES string of the molecule is COc1ccc(NC(=O)OCc2ccccc2)cc1S(N)(=O)=O. The molecule has 23 heavy (non-hydrogen) atoms. The van der Waals surface area contributed by atoms with Gasteiger partial charge >= 0.3 is 6.09 Å². The van der Waals surface area contributed by atoms with Crippen LogP contribution in [0.4, 0.5) is 10.5 Å². The van der Waals surface area contributed by atoms with Gasteiger partial charge in [0.15, 0.2) is 0 Å². The van der Waals surface area contributed by atoms with Crippen molar-refractivity contribution in [2.24, 2.45) is 5.14 Å². The zero-order chi connectivity index (χ0) is 16.9. The number of methoxy groups -OCH3 is 1. The van der Waals surface area contributed by atoms with Gasteiger partial charge in [-0.3, -0.25) is 5.32 Å². The Bertz CT molecular complexity index is 791. The van der Waals surface area contributed by atoms with Crippen LogP contribution in [0.5, 0.6) is 5.75 Å². The summed E-state index contributed by atoms with van der Waals surface area (Å²) in [6, 6.07) is 13.2. The Morgan fingerprint density at radius 1 is 1.17 bits per heavy atom. The lowest BCUT2D eigenvalue weighted by molar-refractivity contribution is 0.155. The van der Waals surface area contributed by atoms with Crippen LogP contribution < -0.4 is 15.2 Å². The van der Waals surface area contributed by atoms with E-state index in [2.05, 4.69) is 5.32 Å². The van der Waals surface area contributed by atoms with E-state index in [1.54, 1.807) is 0 Å². The number of anilines is 1. The van der Waals surface area contributed by atoms with E-state index in [1.165, 1.54) is 25.3 Å². The highest BCUT2D eigenvalue weighted by Gasteiger charge is 2.16. The highest BCUT2D eigenvalue weighted by atomic mass is 32.2. The number of nitrogens with two attached hydrogens (primary N) is 1. The average Bonchev–Trinajstić information content (AvgIpc) is 2.53. The molecule has 7 nitrogen and oxygen atoms in total. The average molecular weight is 336 g/mol. The third-order valence-corrected chi connectivity index (χ3v) is 3.86. The van der Waals surface area contributed by atoms with Gasteiger partial charge < -0.3 is 9.47 Å². The van der Waals surface area contributed by atoms with Crippen molar-refractivity contribution >= 4 is 21.8 Å². The third-order valence-electron chi connectivity index (χ3n) is 2.93. The maximum atomic E-state index is 11.8. The summed E-state index contributed by atoms with van der Waals surface area (Å²) in [6.07, 6.45) is -0.709. The van der Waals surface area contributed by atoms with Crippen molar-refractivity contribution in [1.29, 1.82) is 0 Å². The van der Waals surface area contributed by atoms with Gasteiger partial charge in [-0.2, -0.15) is 0 Å². The minimum Gasteiger partial charge on any atom is -0.495 e. The van der Waals surface area contributed by atoms with Crippen molar-refractivity contribution in [3.63, 3.8) is 0 Å². The number of nitrogens with one attached hydrogen (secondary N) is 1. The summed E-state index contributed by atoms with van der Waals surface area (Å²) >= 11 is 0. The molecule has 0 atom stereocenters. The number of sulfonamides is 1. The Morgan fingerprint density at radius 2 is 1.87 bits per heavy atom. The molecule has 0 spiro atoms. The smallest absolute Gasteiger partial charge is 0.411 e. The second-order valence-electron chi connectivity index (χ2n) is 4.60. The zero-order valence-electron chi connectivity index (χ0n) is 12.4. The predicted molar refractivity (Wildman–Crippen MR) is 84.6 cm³/mol. The highest BCUT2D eigenvalue weighted by Crippen LogP contribution is 2.26. The van der Waals surface area contributed by atoms with E-state index in [1.807, 2.05) is 30.3 Å². The molecule has 8 heteroatoms. The van der Waals surface area contributed by atoms with E-state index < -0.39 is 16.1 Å². The van der Waals surface area contributed by atoms with Gasteiger partial charge in [-0.05, 0) is 23.8 Å². The number of primary sulfonamides is 1. The van der Waals surface area contributed by atoms with Crippen LogP contribution in [0.25, 0.3) is 0 Å². The van der Waals surface area contributed by atoms with Crippen molar-refractivity contribution in [3.05, 3.63) is 54.1 Å². The number of carbonyl (C=O) groups is 1. The monoisotopic (exact) mass is 336 g/mol. The Morgan fingerprint density at radius 3 is 2.48 bits per heavy atom. The molecule has 2 aromatic carbocycles. The first-order valence-corrected chi connectivity index (χ1v) is 8.13. The van der Waals surface area contributed by atoms with Crippen LogP contribution in [0.1, 0.15) is 5.56 Å². The van der Waals surface area contributed by atoms with Crippen LogP contribution in [0, 0.1) is 0 Å². The summed E-state index contributed by atoms with van der Waals surface area (Å²) in [5, 5.41) is 7.56. The molecule has 0 bridgehead atoms. The minimum atomic E-state index is -3.98. The van der Waals surface area contributed by atoms with Crippen molar-refractivity contribution in [1.82, 2.24) is 0 Å². The van der Waals surface area contributed by atoms with Gasteiger partial charge in [0.2, 0.25) is 10.0 Å². The highest BCUT2D eigenvalue weighted by molar-refractivity contribution is 7.89. The number of amides is 1. The summed E-state index contributed by atoms with van der Waals surface area (Å²) in [7, 11) is -2.65. The first kappa shape index (κ1) is 16.8. The van der Waals surface area contributed by atoms with Crippen LogP contribution in [0.3, 0.4) is 0 Å². The minimum absolute atomic E-state index is 0.0932. The van der Waals surface area contributed by atoms with Gasteiger partial charge in [0.25, 0.3) is 0 Å². The van der Waals surface area contributed by atoms with Crippen LogP contribution >= 0.6 is 0 Å². The lowest BCUT2D eigenvalue weighted by Crippen LogP contribution is -2.16. The normalized spacial score (nSPS) is 10.9. The molecule has 1 amide bonds. The van der Waals surface area contributed by atoms with Crippen molar-refractivity contribution < 1.29 is 22.7 Å². The summed E-state index contributed by atoms with van der Waals surface area (Å²) in [5.74, 6) is 0.0932. The maximum Gasteiger partial charge on any atom is 0.411 e. The first-order chi connectivity index (χ1) is 10.9. The van der Waals surface area contributed by atoms with E-state index in [0.29, 0.717) is 0 Å². The predicted octanol–water partition coefficient (Wildman–Crippen LogP) is 2.09. The van der Waals surface area contributed by atoms with Crippen molar-refractivity contribution in [2.45, 2.75) is 11.5 Å². The van der Waals surface area contributed by atoms with Gasteiger partial charge in [0.05, 0.1) is 7.11 Å². The number of hydrogen-bond acceptors (Lipinski definition) is 5. The molecule has 2 rings (SSSR count). The number of ether oxygens (including phenoxy) is 2. The molecule has 0 fully saturated rings. The fraction of sp³-hybridized carbons (Fsp3) is 0.133. The lowest BCUT2D eigenvalue weighted by atomic mass is 10.2. The standard InChI is InChI=1S/C15H16N2O5S/c1-21-13-8-7-12(9-14(13)23(16,19)20)17-15(18)22-10-11-5-3-2-4-6-11/h2-9H,10H2,1H3,(H,17,18)(H2,16,19,20). The van der Waals surface area contributed by atoms with Crippen LogP contribution in [0.2, 0.25) is 0 Å². The fourth-order valence-electron chi connectivity index (χ4n) is 1.85.